The molecular formula is C12H18N4O. The van der Waals surface area contributed by atoms with Gasteiger partial charge in [0.15, 0.2) is 5.65 Å². The Morgan fingerprint density at radius 2 is 2.35 bits per heavy atom. The van der Waals surface area contributed by atoms with Crippen molar-refractivity contribution in [2.24, 2.45) is 0 Å². The van der Waals surface area contributed by atoms with Crippen LogP contribution in [0.4, 0.5) is 0 Å². The Balaban J connectivity index is 2.08. The van der Waals surface area contributed by atoms with Crippen molar-refractivity contribution in [1.82, 2.24) is 19.9 Å². The molecule has 2 rings (SSSR count). The van der Waals surface area contributed by atoms with E-state index in [4.69, 9.17) is 5.11 Å². The van der Waals surface area contributed by atoms with E-state index in [1.54, 1.807) is 4.52 Å². The summed E-state index contributed by atoms with van der Waals surface area (Å²) in [4.78, 5) is 4.33. The van der Waals surface area contributed by atoms with Gasteiger partial charge in [0.05, 0.1) is 12.3 Å². The van der Waals surface area contributed by atoms with Crippen LogP contribution in [-0.4, -0.2) is 32.4 Å². The van der Waals surface area contributed by atoms with E-state index in [9.17, 15) is 0 Å². The van der Waals surface area contributed by atoms with Crippen LogP contribution in [0.2, 0.25) is 0 Å². The number of aryl methyl sites for hydroxylation is 1. The van der Waals surface area contributed by atoms with Crippen LogP contribution in [0.25, 0.3) is 5.65 Å². The fourth-order valence-corrected chi connectivity index (χ4v) is 1.73. The van der Waals surface area contributed by atoms with Gasteiger partial charge >= 0.3 is 0 Å². The average molecular weight is 234 g/mol. The number of fused-ring (bicyclic) bond motifs is 1. The number of hydrogen-bond acceptors (Lipinski definition) is 4. The molecule has 0 radical (unpaired) electrons. The standard InChI is InChI=1S/C12H18N4O/c1-3-11(8-17)13-5-10-6-14-12-4-9(2)15-16(12)7-10/h4,6-7,11,13,17H,3,5,8H2,1-2H3/t11-/m0/s1. The normalized spacial score (nSPS) is 13.1. The molecule has 2 heterocycles. The van der Waals surface area contributed by atoms with Gasteiger partial charge in [0.1, 0.15) is 0 Å². The van der Waals surface area contributed by atoms with Crippen molar-refractivity contribution in [2.75, 3.05) is 6.61 Å². The second-order valence-electron chi connectivity index (χ2n) is 4.22. The first-order valence-electron chi connectivity index (χ1n) is 5.88. The van der Waals surface area contributed by atoms with Gasteiger partial charge in [-0.25, -0.2) is 9.50 Å². The fraction of sp³-hybridized carbons (Fsp3) is 0.500. The highest BCUT2D eigenvalue weighted by Gasteiger charge is 2.05. The number of aliphatic hydroxyl groups is 1. The summed E-state index contributed by atoms with van der Waals surface area (Å²) in [5.41, 5.74) is 2.89. The molecule has 0 aromatic carbocycles. The zero-order chi connectivity index (χ0) is 12.3. The smallest absolute Gasteiger partial charge is 0.155 e. The summed E-state index contributed by atoms with van der Waals surface area (Å²) in [5.74, 6) is 0. The molecule has 0 bridgehead atoms. The van der Waals surface area contributed by atoms with Crippen LogP contribution in [0.5, 0.6) is 0 Å². The maximum atomic E-state index is 9.08. The zero-order valence-corrected chi connectivity index (χ0v) is 10.2. The molecule has 0 aliphatic carbocycles. The largest absolute Gasteiger partial charge is 0.395 e. The molecule has 5 heteroatoms. The Labute approximate surface area is 100 Å². The van der Waals surface area contributed by atoms with Crippen LogP contribution in [0, 0.1) is 6.92 Å². The number of aromatic nitrogens is 3. The summed E-state index contributed by atoms with van der Waals surface area (Å²) < 4.78 is 1.78. The number of hydrogen-bond donors (Lipinski definition) is 2. The Hall–Kier alpha value is -1.46. The molecule has 0 fully saturated rings. The van der Waals surface area contributed by atoms with Crippen molar-refractivity contribution < 1.29 is 5.11 Å². The molecule has 2 aromatic heterocycles. The quantitative estimate of drug-likeness (QED) is 0.807. The number of nitrogens with one attached hydrogen (secondary N) is 1. The summed E-state index contributed by atoms with van der Waals surface area (Å²) in [5, 5.41) is 16.7. The Bertz CT molecular complexity index is 490. The summed E-state index contributed by atoms with van der Waals surface area (Å²) in [6, 6.07) is 2.09. The van der Waals surface area contributed by atoms with Crippen molar-refractivity contribution in [3.05, 3.63) is 29.7 Å². The van der Waals surface area contributed by atoms with Crippen molar-refractivity contribution in [3.8, 4) is 0 Å². The maximum absolute atomic E-state index is 9.08. The molecule has 2 aromatic rings. The number of aliphatic hydroxyl groups excluding tert-OH is 1. The van der Waals surface area contributed by atoms with Crippen LogP contribution in [-0.2, 0) is 6.54 Å². The highest BCUT2D eigenvalue weighted by atomic mass is 16.3. The van der Waals surface area contributed by atoms with Crippen molar-refractivity contribution in [1.29, 1.82) is 0 Å². The first-order chi connectivity index (χ1) is 8.22. The Kier molecular flexibility index (Phi) is 3.71. The lowest BCUT2D eigenvalue weighted by molar-refractivity contribution is 0.238. The lowest BCUT2D eigenvalue weighted by Gasteiger charge is -2.13. The summed E-state index contributed by atoms with van der Waals surface area (Å²) in [7, 11) is 0. The fourth-order valence-electron chi connectivity index (χ4n) is 1.73. The minimum Gasteiger partial charge on any atom is -0.395 e. The van der Waals surface area contributed by atoms with E-state index < -0.39 is 0 Å². The third kappa shape index (κ3) is 2.81. The maximum Gasteiger partial charge on any atom is 0.155 e. The van der Waals surface area contributed by atoms with E-state index in [1.807, 2.05) is 32.3 Å². The zero-order valence-electron chi connectivity index (χ0n) is 10.2. The lowest BCUT2D eigenvalue weighted by atomic mass is 10.2. The number of nitrogens with zero attached hydrogens (tertiary/aromatic N) is 3. The first kappa shape index (κ1) is 12.0. The van der Waals surface area contributed by atoms with Crippen LogP contribution >= 0.6 is 0 Å². The summed E-state index contributed by atoms with van der Waals surface area (Å²) in [6.07, 6.45) is 4.72. The van der Waals surface area contributed by atoms with Crippen molar-refractivity contribution >= 4 is 5.65 Å². The van der Waals surface area contributed by atoms with Crippen LogP contribution < -0.4 is 5.32 Å². The molecule has 0 amide bonds. The van der Waals surface area contributed by atoms with Gasteiger partial charge in [-0.15, -0.1) is 0 Å². The Morgan fingerprint density at radius 1 is 1.53 bits per heavy atom. The van der Waals surface area contributed by atoms with Crippen molar-refractivity contribution in [3.63, 3.8) is 0 Å². The number of rotatable bonds is 5. The molecule has 0 aliphatic rings. The van der Waals surface area contributed by atoms with Gasteiger partial charge in [-0.1, -0.05) is 6.92 Å². The predicted molar refractivity (Wildman–Crippen MR) is 65.7 cm³/mol. The third-order valence-electron chi connectivity index (χ3n) is 2.80. The molecule has 0 spiro atoms. The molecular weight excluding hydrogens is 216 g/mol. The highest BCUT2D eigenvalue weighted by molar-refractivity contribution is 5.38. The van der Waals surface area contributed by atoms with Crippen molar-refractivity contribution in [2.45, 2.75) is 32.9 Å². The van der Waals surface area contributed by atoms with E-state index in [1.165, 1.54) is 0 Å². The van der Waals surface area contributed by atoms with Gasteiger partial charge < -0.3 is 10.4 Å². The van der Waals surface area contributed by atoms with Gasteiger partial charge in [-0.3, -0.25) is 0 Å². The van der Waals surface area contributed by atoms with Crippen LogP contribution in [0.1, 0.15) is 24.6 Å². The van der Waals surface area contributed by atoms with E-state index in [0.29, 0.717) is 6.54 Å². The van der Waals surface area contributed by atoms with Gasteiger partial charge in [-0.05, 0) is 13.3 Å². The molecule has 5 nitrogen and oxygen atoms in total. The molecule has 0 unspecified atom stereocenters. The topological polar surface area (TPSA) is 62.5 Å². The van der Waals surface area contributed by atoms with E-state index in [0.717, 1.165) is 23.3 Å². The molecule has 0 saturated heterocycles. The van der Waals surface area contributed by atoms with E-state index in [2.05, 4.69) is 15.4 Å². The summed E-state index contributed by atoms with van der Waals surface area (Å²) in [6.45, 7) is 4.85. The SMILES string of the molecule is CC[C@@H](CO)NCc1cnc2cc(C)nn2c1. The molecule has 2 N–H and O–H groups in total. The monoisotopic (exact) mass is 234 g/mol. The third-order valence-corrected chi connectivity index (χ3v) is 2.80. The Morgan fingerprint density at radius 3 is 3.06 bits per heavy atom. The lowest BCUT2D eigenvalue weighted by Crippen LogP contribution is -2.31. The average Bonchev–Trinajstić information content (AvgIpc) is 2.69. The summed E-state index contributed by atoms with van der Waals surface area (Å²) >= 11 is 0. The first-order valence-corrected chi connectivity index (χ1v) is 5.88. The van der Waals surface area contributed by atoms with Gasteiger partial charge in [0.25, 0.3) is 0 Å². The highest BCUT2D eigenvalue weighted by Crippen LogP contribution is 2.05. The minimum atomic E-state index is 0.144. The molecule has 92 valence electrons. The van der Waals surface area contributed by atoms with Gasteiger partial charge in [0, 0.05) is 36.6 Å². The molecule has 0 saturated carbocycles. The molecule has 1 atom stereocenters. The van der Waals surface area contributed by atoms with Gasteiger partial charge in [-0.2, -0.15) is 5.10 Å². The van der Waals surface area contributed by atoms with Crippen LogP contribution in [0.15, 0.2) is 18.5 Å². The predicted octanol–water partition coefficient (Wildman–Crippen LogP) is 0.898. The second kappa shape index (κ2) is 5.25. The molecule has 17 heavy (non-hydrogen) atoms. The van der Waals surface area contributed by atoms with Gasteiger partial charge in [0.2, 0.25) is 0 Å². The van der Waals surface area contributed by atoms with E-state index >= 15 is 0 Å². The van der Waals surface area contributed by atoms with E-state index in [-0.39, 0.29) is 12.6 Å². The minimum absolute atomic E-state index is 0.144. The van der Waals surface area contributed by atoms with Crippen LogP contribution in [0.3, 0.4) is 0 Å². The second-order valence-corrected chi connectivity index (χ2v) is 4.22. The molecule has 0 aliphatic heterocycles.